The van der Waals surface area contributed by atoms with Crippen molar-refractivity contribution in [1.29, 1.82) is 0 Å². The van der Waals surface area contributed by atoms with E-state index in [0.717, 1.165) is 0 Å². The van der Waals surface area contributed by atoms with Crippen LogP contribution in [0.1, 0.15) is 34.1 Å². The van der Waals surface area contributed by atoms with Gasteiger partial charge in [0, 0.05) is 18.1 Å². The summed E-state index contributed by atoms with van der Waals surface area (Å²) in [6.45, 7) is 0. The lowest BCUT2D eigenvalue weighted by Gasteiger charge is -2.20. The number of methoxy groups -OCH3 is 2. The van der Waals surface area contributed by atoms with Crippen molar-refractivity contribution in [2.45, 2.75) is 12.5 Å². The fourth-order valence-electron chi connectivity index (χ4n) is 3.61. The van der Waals surface area contributed by atoms with Gasteiger partial charge in [0.05, 0.1) is 36.5 Å². The van der Waals surface area contributed by atoms with E-state index in [1.807, 2.05) is 0 Å². The second kappa shape index (κ2) is 8.83. The molecule has 0 saturated carbocycles. The van der Waals surface area contributed by atoms with Gasteiger partial charge in [-0.05, 0) is 52.3 Å². The van der Waals surface area contributed by atoms with Gasteiger partial charge in [0.15, 0.2) is 21.9 Å². The van der Waals surface area contributed by atoms with Crippen molar-refractivity contribution in [3.8, 4) is 11.5 Å². The van der Waals surface area contributed by atoms with Crippen LogP contribution in [0.2, 0.25) is 0 Å². The molecule has 1 aliphatic rings. The van der Waals surface area contributed by atoms with Crippen molar-refractivity contribution in [3.63, 3.8) is 0 Å². The van der Waals surface area contributed by atoms with Gasteiger partial charge in [0.1, 0.15) is 0 Å². The number of hydrogen-bond acceptors (Lipinski definition) is 7. The van der Waals surface area contributed by atoms with E-state index in [1.54, 1.807) is 42.5 Å². The van der Waals surface area contributed by atoms with E-state index >= 15 is 0 Å². The van der Waals surface area contributed by atoms with Crippen molar-refractivity contribution in [2.75, 3.05) is 14.2 Å². The minimum atomic E-state index is -0.684. The summed E-state index contributed by atoms with van der Waals surface area (Å²) in [5.41, 5.74) is 1.59. The largest absolute Gasteiger partial charge is 0.493 e. The fourth-order valence-corrected chi connectivity index (χ4v) is 3.91. The first-order valence-corrected chi connectivity index (χ1v) is 10.3. The molecule has 32 heavy (non-hydrogen) atoms. The average molecular weight is 500 g/mol. The van der Waals surface area contributed by atoms with Gasteiger partial charge in [-0.15, -0.1) is 0 Å². The Morgan fingerprint density at radius 3 is 2.56 bits per heavy atom. The van der Waals surface area contributed by atoms with Gasteiger partial charge in [-0.3, -0.25) is 14.9 Å². The van der Waals surface area contributed by atoms with Crippen LogP contribution < -0.4 is 9.47 Å². The predicted octanol–water partition coefficient (Wildman–Crippen LogP) is 4.96. The third-order valence-electron chi connectivity index (χ3n) is 5.11. The molecule has 0 spiro atoms. The summed E-state index contributed by atoms with van der Waals surface area (Å²) < 4.78 is 16.5. The Morgan fingerprint density at radius 1 is 1.16 bits per heavy atom. The highest BCUT2D eigenvalue weighted by molar-refractivity contribution is 9.10. The number of amides is 1. The van der Waals surface area contributed by atoms with Crippen LogP contribution in [0.4, 0.5) is 5.69 Å². The third kappa shape index (κ3) is 3.96. The molecule has 1 aliphatic heterocycles. The number of para-hydroxylation sites is 1. The minimum Gasteiger partial charge on any atom is -0.493 e. The first-order chi connectivity index (χ1) is 15.4. The van der Waals surface area contributed by atoms with Crippen LogP contribution in [0.5, 0.6) is 11.5 Å². The smallest absolute Gasteiger partial charge is 0.310 e. The van der Waals surface area contributed by atoms with Crippen LogP contribution in [-0.2, 0) is 0 Å². The molecule has 2 aromatic carbocycles. The van der Waals surface area contributed by atoms with E-state index in [0.29, 0.717) is 33.0 Å². The van der Waals surface area contributed by atoms with E-state index in [9.17, 15) is 14.9 Å². The topological polar surface area (TPSA) is 107 Å². The molecule has 1 amide bonds. The first-order valence-electron chi connectivity index (χ1n) is 9.55. The molecule has 0 fully saturated rings. The number of halogens is 1. The van der Waals surface area contributed by atoms with Crippen LogP contribution in [0.15, 0.2) is 68.8 Å². The van der Waals surface area contributed by atoms with Crippen LogP contribution in [0.3, 0.4) is 0 Å². The van der Waals surface area contributed by atoms with Crippen LogP contribution in [-0.4, -0.2) is 35.8 Å². The monoisotopic (exact) mass is 499 g/mol. The molecular weight excluding hydrogens is 482 g/mol. The number of benzene rings is 2. The first kappa shape index (κ1) is 21.6. The second-order valence-corrected chi connectivity index (χ2v) is 7.69. The minimum absolute atomic E-state index is 0.0674. The Kier molecular flexibility index (Phi) is 5.95. The Labute approximate surface area is 191 Å². The number of carbonyl (C=O) groups is 1. The molecule has 0 unspecified atom stereocenters. The van der Waals surface area contributed by atoms with Crippen LogP contribution in [0, 0.1) is 10.1 Å². The molecule has 0 saturated heterocycles. The molecule has 1 atom stereocenters. The summed E-state index contributed by atoms with van der Waals surface area (Å²) in [7, 11) is 3.07. The van der Waals surface area contributed by atoms with Gasteiger partial charge in [-0.25, -0.2) is 5.01 Å². The lowest BCUT2D eigenvalue weighted by atomic mass is 9.97. The lowest BCUT2D eigenvalue weighted by molar-refractivity contribution is -0.385. The standard InChI is InChI=1S/C22H18BrN3O6/c1-30-18-8-7-13(11-20(18)31-2)15-12-17(14-5-3-4-6-16(14)26(28)29)25(24-15)22(27)19-9-10-21(23)32-19/h3-11,17H,12H2,1-2H3/t17-/m0/s1. The molecule has 0 bridgehead atoms. The lowest BCUT2D eigenvalue weighted by Crippen LogP contribution is -2.27. The maximum absolute atomic E-state index is 13.2. The molecule has 9 nitrogen and oxygen atoms in total. The van der Waals surface area contributed by atoms with E-state index in [2.05, 4.69) is 21.0 Å². The quantitative estimate of drug-likeness (QED) is 0.350. The normalized spacial score (nSPS) is 15.4. The maximum Gasteiger partial charge on any atom is 0.310 e. The Balaban J connectivity index is 1.79. The van der Waals surface area contributed by atoms with Gasteiger partial charge in [0.25, 0.3) is 5.69 Å². The summed E-state index contributed by atoms with van der Waals surface area (Å²) in [6.07, 6.45) is 0.272. The molecule has 0 radical (unpaired) electrons. The predicted molar refractivity (Wildman–Crippen MR) is 119 cm³/mol. The average Bonchev–Trinajstić information content (AvgIpc) is 3.45. The van der Waals surface area contributed by atoms with Gasteiger partial charge < -0.3 is 13.9 Å². The number of nitrogens with zero attached hydrogens (tertiary/aromatic N) is 3. The summed E-state index contributed by atoms with van der Waals surface area (Å²) in [6, 6.07) is 14.1. The molecule has 0 N–H and O–H groups in total. The molecule has 1 aromatic heterocycles. The van der Waals surface area contributed by atoms with Gasteiger partial charge >= 0.3 is 5.91 Å². The number of carbonyl (C=O) groups excluding carboxylic acids is 1. The Morgan fingerprint density at radius 2 is 1.91 bits per heavy atom. The molecule has 3 aromatic rings. The van der Waals surface area contributed by atoms with Crippen LogP contribution >= 0.6 is 15.9 Å². The van der Waals surface area contributed by atoms with E-state index in [-0.39, 0.29) is 17.9 Å². The summed E-state index contributed by atoms with van der Waals surface area (Å²) in [5, 5.41) is 17.4. The number of furan rings is 1. The Bertz CT molecular complexity index is 1220. The summed E-state index contributed by atoms with van der Waals surface area (Å²) in [4.78, 5) is 24.4. The van der Waals surface area contributed by atoms with E-state index in [4.69, 9.17) is 13.9 Å². The molecule has 2 heterocycles. The number of rotatable bonds is 6. The van der Waals surface area contributed by atoms with E-state index in [1.165, 1.54) is 31.4 Å². The number of nitro benzene ring substituents is 1. The number of hydrazone groups is 1. The molecule has 164 valence electrons. The van der Waals surface area contributed by atoms with Crippen molar-refractivity contribution in [1.82, 2.24) is 5.01 Å². The number of hydrogen-bond donors (Lipinski definition) is 0. The van der Waals surface area contributed by atoms with Gasteiger partial charge in [-0.1, -0.05) is 12.1 Å². The molecule has 0 aliphatic carbocycles. The van der Waals surface area contributed by atoms with Crippen molar-refractivity contribution < 1.29 is 23.6 Å². The zero-order valence-electron chi connectivity index (χ0n) is 17.1. The summed E-state index contributed by atoms with van der Waals surface area (Å²) in [5.74, 6) is 0.625. The van der Waals surface area contributed by atoms with Crippen molar-refractivity contribution in [2.24, 2.45) is 5.10 Å². The Hall–Kier alpha value is -3.66. The second-order valence-electron chi connectivity index (χ2n) is 6.91. The highest BCUT2D eigenvalue weighted by Gasteiger charge is 2.38. The third-order valence-corrected chi connectivity index (χ3v) is 5.54. The molecule has 10 heteroatoms. The van der Waals surface area contributed by atoms with Crippen molar-refractivity contribution >= 4 is 33.2 Å². The zero-order chi connectivity index (χ0) is 22.8. The summed E-state index contributed by atoms with van der Waals surface area (Å²) >= 11 is 3.19. The maximum atomic E-state index is 13.2. The molecular formula is C22H18BrN3O6. The highest BCUT2D eigenvalue weighted by Crippen LogP contribution is 2.39. The SMILES string of the molecule is COc1ccc(C2=NN(C(=O)c3ccc(Br)o3)[C@H](c3ccccc3[N+](=O)[O-])C2)cc1OC. The van der Waals surface area contributed by atoms with Crippen LogP contribution in [0.25, 0.3) is 0 Å². The zero-order valence-corrected chi connectivity index (χ0v) is 18.7. The van der Waals surface area contributed by atoms with E-state index < -0.39 is 16.9 Å². The highest BCUT2D eigenvalue weighted by atomic mass is 79.9. The number of nitro groups is 1. The number of ether oxygens (including phenoxy) is 2. The van der Waals surface area contributed by atoms with Crippen molar-refractivity contribution in [3.05, 3.63) is 86.3 Å². The van der Waals surface area contributed by atoms with Gasteiger partial charge in [0.2, 0.25) is 0 Å². The fraction of sp³-hybridized carbons (Fsp3) is 0.182. The van der Waals surface area contributed by atoms with Gasteiger partial charge in [-0.2, -0.15) is 5.10 Å². The molecule has 4 rings (SSSR count).